The molecule has 112 valence electrons. The van der Waals surface area contributed by atoms with Crippen molar-refractivity contribution in [2.24, 2.45) is 0 Å². The van der Waals surface area contributed by atoms with Gasteiger partial charge in [0.1, 0.15) is 0 Å². The summed E-state index contributed by atoms with van der Waals surface area (Å²) in [5.74, 6) is 0.0973. The maximum atomic E-state index is 12.5. The Morgan fingerprint density at radius 2 is 2.10 bits per heavy atom. The second-order valence-corrected chi connectivity index (χ2v) is 7.10. The van der Waals surface area contributed by atoms with E-state index in [1.54, 1.807) is 0 Å². The monoisotopic (exact) mass is 322 g/mol. The Kier molecular flexibility index (Phi) is 5.58. The highest BCUT2D eigenvalue weighted by Crippen LogP contribution is 2.28. The number of hydrogen-bond acceptors (Lipinski definition) is 6. The van der Waals surface area contributed by atoms with Crippen LogP contribution in [0.5, 0.6) is 0 Å². The third-order valence-electron chi connectivity index (χ3n) is 2.96. The van der Waals surface area contributed by atoms with Gasteiger partial charge < -0.3 is 10.6 Å². The predicted octanol–water partition coefficient (Wildman–Crippen LogP) is 2.65. The van der Waals surface area contributed by atoms with Crippen LogP contribution in [-0.2, 0) is 11.3 Å². The maximum Gasteiger partial charge on any atom is 0.236 e. The van der Waals surface area contributed by atoms with E-state index in [-0.39, 0.29) is 11.2 Å². The van der Waals surface area contributed by atoms with Crippen molar-refractivity contribution in [2.75, 3.05) is 12.3 Å². The molecule has 0 spiro atoms. The van der Waals surface area contributed by atoms with Crippen molar-refractivity contribution < 1.29 is 4.79 Å². The Hall–Kier alpha value is -1.60. The highest BCUT2D eigenvalue weighted by molar-refractivity contribution is 8.02. The highest BCUT2D eigenvalue weighted by atomic mass is 32.2. The lowest BCUT2D eigenvalue weighted by atomic mass is 10.2. The Morgan fingerprint density at radius 3 is 2.67 bits per heavy atom. The molecule has 0 aliphatic heterocycles. The Balaban J connectivity index is 1.98. The summed E-state index contributed by atoms with van der Waals surface area (Å²) in [5, 5.41) is 7.92. The number of thioether (sulfide) groups is 1. The molecule has 21 heavy (non-hydrogen) atoms. The molecule has 1 amide bonds. The van der Waals surface area contributed by atoms with Crippen LogP contribution in [0.4, 0.5) is 5.13 Å². The minimum atomic E-state index is -0.207. The average Bonchev–Trinajstić information content (AvgIpc) is 2.90. The second-order valence-electron chi connectivity index (χ2n) is 4.50. The highest BCUT2D eigenvalue weighted by Gasteiger charge is 2.22. The summed E-state index contributed by atoms with van der Waals surface area (Å²) in [7, 11) is 0. The fourth-order valence-corrected chi connectivity index (χ4v) is 3.74. The number of carbonyl (C=O) groups is 1. The van der Waals surface area contributed by atoms with Crippen molar-refractivity contribution in [1.82, 2.24) is 15.1 Å². The maximum absolute atomic E-state index is 12.5. The summed E-state index contributed by atoms with van der Waals surface area (Å²) in [6, 6.07) is 9.99. The van der Waals surface area contributed by atoms with Gasteiger partial charge in [-0.05, 0) is 19.4 Å². The normalized spacial score (nSPS) is 12.1. The molecule has 7 heteroatoms. The van der Waals surface area contributed by atoms with Crippen LogP contribution >= 0.6 is 23.1 Å². The van der Waals surface area contributed by atoms with E-state index < -0.39 is 0 Å². The number of nitrogens with zero attached hydrogens (tertiary/aromatic N) is 3. The zero-order valence-electron chi connectivity index (χ0n) is 12.0. The summed E-state index contributed by atoms with van der Waals surface area (Å²) < 4.78 is 0.726. The van der Waals surface area contributed by atoms with E-state index >= 15 is 0 Å². The number of hydrogen-bond donors (Lipinski definition) is 1. The molecule has 2 rings (SSSR count). The molecule has 1 aromatic carbocycles. The van der Waals surface area contributed by atoms with Gasteiger partial charge in [0.05, 0.1) is 5.25 Å². The van der Waals surface area contributed by atoms with Gasteiger partial charge in [0, 0.05) is 13.1 Å². The summed E-state index contributed by atoms with van der Waals surface area (Å²) >= 11 is 2.71. The first-order valence-corrected chi connectivity index (χ1v) is 8.38. The number of amides is 1. The molecule has 1 unspecified atom stereocenters. The molecule has 0 saturated heterocycles. The van der Waals surface area contributed by atoms with Crippen LogP contribution in [0.3, 0.4) is 0 Å². The SMILES string of the molecule is CCN(Cc1ccccc1)C(=O)C(C)Sc1nnc(N)s1. The Bertz CT molecular complexity index is 588. The lowest BCUT2D eigenvalue weighted by molar-refractivity contribution is -0.130. The number of nitrogen functional groups attached to an aromatic ring is 1. The number of nitrogens with two attached hydrogens (primary N) is 1. The summed E-state index contributed by atoms with van der Waals surface area (Å²) in [6.45, 7) is 5.18. The third kappa shape index (κ3) is 4.44. The summed E-state index contributed by atoms with van der Waals surface area (Å²) in [4.78, 5) is 14.4. The molecule has 0 saturated carbocycles. The van der Waals surface area contributed by atoms with E-state index in [2.05, 4.69) is 10.2 Å². The second kappa shape index (κ2) is 7.42. The van der Waals surface area contributed by atoms with Gasteiger partial charge in [0.15, 0.2) is 4.34 Å². The van der Waals surface area contributed by atoms with Crippen molar-refractivity contribution in [2.45, 2.75) is 30.0 Å². The molecule has 0 radical (unpaired) electrons. The zero-order chi connectivity index (χ0) is 15.2. The van der Waals surface area contributed by atoms with Crippen molar-refractivity contribution in [3.05, 3.63) is 35.9 Å². The van der Waals surface area contributed by atoms with Crippen LogP contribution in [0.1, 0.15) is 19.4 Å². The van der Waals surface area contributed by atoms with Crippen molar-refractivity contribution in [3.63, 3.8) is 0 Å². The van der Waals surface area contributed by atoms with Crippen LogP contribution in [0.25, 0.3) is 0 Å². The number of benzene rings is 1. The van der Waals surface area contributed by atoms with Crippen LogP contribution in [0, 0.1) is 0 Å². The molecule has 1 aromatic heterocycles. The molecule has 1 heterocycles. The lowest BCUT2D eigenvalue weighted by Gasteiger charge is -2.23. The van der Waals surface area contributed by atoms with Gasteiger partial charge in [-0.25, -0.2) is 0 Å². The molecule has 0 bridgehead atoms. The number of anilines is 1. The van der Waals surface area contributed by atoms with Crippen LogP contribution < -0.4 is 5.73 Å². The topological polar surface area (TPSA) is 72.1 Å². The molecule has 5 nitrogen and oxygen atoms in total. The van der Waals surface area contributed by atoms with Crippen LogP contribution in [0.15, 0.2) is 34.7 Å². The minimum Gasteiger partial charge on any atom is -0.374 e. The van der Waals surface area contributed by atoms with Crippen molar-refractivity contribution in [3.8, 4) is 0 Å². The summed E-state index contributed by atoms with van der Waals surface area (Å²) in [6.07, 6.45) is 0. The Labute approximate surface area is 132 Å². The van der Waals surface area contributed by atoms with Gasteiger partial charge in [-0.1, -0.05) is 53.4 Å². The van der Waals surface area contributed by atoms with Gasteiger partial charge in [0.2, 0.25) is 11.0 Å². The number of aromatic nitrogens is 2. The van der Waals surface area contributed by atoms with Crippen LogP contribution in [0.2, 0.25) is 0 Å². The fourth-order valence-electron chi connectivity index (χ4n) is 1.88. The smallest absolute Gasteiger partial charge is 0.236 e. The van der Waals surface area contributed by atoms with Crippen molar-refractivity contribution >= 4 is 34.1 Å². The first-order chi connectivity index (χ1) is 10.1. The van der Waals surface area contributed by atoms with E-state index in [9.17, 15) is 4.79 Å². The number of carbonyl (C=O) groups excluding carboxylic acids is 1. The van der Waals surface area contributed by atoms with Crippen LogP contribution in [-0.4, -0.2) is 32.8 Å². The zero-order valence-corrected chi connectivity index (χ0v) is 13.7. The first-order valence-electron chi connectivity index (χ1n) is 6.68. The van der Waals surface area contributed by atoms with E-state index in [1.165, 1.54) is 23.1 Å². The Morgan fingerprint density at radius 1 is 1.38 bits per heavy atom. The average molecular weight is 322 g/mol. The minimum absolute atomic E-state index is 0.0973. The molecular formula is C14H18N4OS2. The number of rotatable bonds is 6. The van der Waals surface area contributed by atoms with E-state index in [4.69, 9.17) is 5.73 Å². The molecule has 2 N–H and O–H groups in total. The molecule has 0 fully saturated rings. The molecule has 2 aromatic rings. The van der Waals surface area contributed by atoms with Crippen molar-refractivity contribution in [1.29, 1.82) is 0 Å². The fraction of sp³-hybridized carbons (Fsp3) is 0.357. The molecule has 0 aliphatic carbocycles. The molecular weight excluding hydrogens is 304 g/mol. The van der Waals surface area contributed by atoms with Gasteiger partial charge >= 0.3 is 0 Å². The van der Waals surface area contributed by atoms with Gasteiger partial charge in [-0.3, -0.25) is 4.79 Å². The quantitative estimate of drug-likeness (QED) is 0.828. The van der Waals surface area contributed by atoms with Gasteiger partial charge in [0.25, 0.3) is 0 Å². The van der Waals surface area contributed by atoms with E-state index in [0.29, 0.717) is 18.2 Å². The molecule has 0 aliphatic rings. The predicted molar refractivity (Wildman–Crippen MR) is 87.2 cm³/mol. The largest absolute Gasteiger partial charge is 0.374 e. The standard InChI is InChI=1S/C14H18N4OS2/c1-3-18(9-11-7-5-4-6-8-11)12(19)10(2)20-14-17-16-13(15)21-14/h4-8,10H,3,9H2,1-2H3,(H2,15,16). The molecule has 1 atom stereocenters. The van der Waals surface area contributed by atoms with Gasteiger partial charge in [-0.2, -0.15) is 0 Å². The van der Waals surface area contributed by atoms with E-state index in [1.807, 2.05) is 49.1 Å². The third-order valence-corrected chi connectivity index (χ3v) is 4.88. The summed E-state index contributed by atoms with van der Waals surface area (Å²) in [5.41, 5.74) is 6.68. The lowest BCUT2D eigenvalue weighted by Crippen LogP contribution is -2.35. The van der Waals surface area contributed by atoms with E-state index in [0.717, 1.165) is 9.90 Å². The first kappa shape index (κ1) is 15.8. The van der Waals surface area contributed by atoms with Gasteiger partial charge in [-0.15, -0.1) is 10.2 Å².